The fourth-order valence-electron chi connectivity index (χ4n) is 3.65. The fourth-order valence-corrected chi connectivity index (χ4v) is 3.65. The van der Waals surface area contributed by atoms with Gasteiger partial charge in [0.1, 0.15) is 6.54 Å². The molecule has 0 saturated heterocycles. The van der Waals surface area contributed by atoms with E-state index in [0.717, 1.165) is 16.0 Å². The number of hydrogen-bond acceptors (Lipinski definition) is 5. The first kappa shape index (κ1) is 18.7. The number of nitrogens with zero attached hydrogens (tertiary/aromatic N) is 2. The highest BCUT2D eigenvalue weighted by Gasteiger charge is 2.36. The molecule has 0 aromatic heterocycles. The topological polar surface area (TPSA) is 96.0 Å². The van der Waals surface area contributed by atoms with Crippen LogP contribution in [0.5, 0.6) is 0 Å². The second-order valence-electron chi connectivity index (χ2n) is 6.92. The third-order valence-corrected chi connectivity index (χ3v) is 5.12. The molecule has 29 heavy (non-hydrogen) atoms. The lowest BCUT2D eigenvalue weighted by atomic mass is 9.99. The minimum Gasteiger partial charge on any atom is -0.453 e. The summed E-state index contributed by atoms with van der Waals surface area (Å²) in [6.07, 6.45) is 0.309. The van der Waals surface area contributed by atoms with E-state index in [2.05, 4.69) is 5.32 Å². The molecule has 148 valence electrons. The van der Waals surface area contributed by atoms with Crippen molar-refractivity contribution in [3.05, 3.63) is 64.7 Å². The van der Waals surface area contributed by atoms with Crippen LogP contribution in [0.25, 0.3) is 0 Å². The smallest absolute Gasteiger partial charge is 0.409 e. The third-order valence-electron chi connectivity index (χ3n) is 5.12. The molecule has 2 aliphatic rings. The van der Waals surface area contributed by atoms with E-state index in [1.807, 2.05) is 6.07 Å². The lowest BCUT2D eigenvalue weighted by Gasteiger charge is -2.28. The molecule has 8 heteroatoms. The Labute approximate surface area is 167 Å². The Hall–Kier alpha value is -3.68. The van der Waals surface area contributed by atoms with Gasteiger partial charge in [-0.05, 0) is 41.8 Å². The van der Waals surface area contributed by atoms with E-state index in [9.17, 15) is 19.2 Å². The summed E-state index contributed by atoms with van der Waals surface area (Å²) in [5, 5.41) is 2.73. The van der Waals surface area contributed by atoms with Crippen molar-refractivity contribution in [2.24, 2.45) is 0 Å². The molecule has 2 heterocycles. The molecule has 2 aliphatic heterocycles. The molecule has 0 aliphatic carbocycles. The molecule has 0 bridgehead atoms. The van der Waals surface area contributed by atoms with Gasteiger partial charge in [-0.2, -0.15) is 0 Å². The maximum absolute atomic E-state index is 12.5. The van der Waals surface area contributed by atoms with Crippen LogP contribution in [0.4, 0.5) is 10.5 Å². The van der Waals surface area contributed by atoms with Crippen LogP contribution in [0.3, 0.4) is 0 Å². The highest BCUT2D eigenvalue weighted by molar-refractivity contribution is 6.22. The van der Waals surface area contributed by atoms with E-state index < -0.39 is 23.8 Å². The summed E-state index contributed by atoms with van der Waals surface area (Å²) in [7, 11) is 1.34. The molecule has 0 unspecified atom stereocenters. The van der Waals surface area contributed by atoms with Gasteiger partial charge in [0.25, 0.3) is 11.8 Å². The number of carbonyl (C=O) groups is 4. The second-order valence-corrected chi connectivity index (χ2v) is 6.92. The van der Waals surface area contributed by atoms with Crippen LogP contribution in [-0.2, 0) is 22.5 Å². The number of fused-ring (bicyclic) bond motifs is 2. The van der Waals surface area contributed by atoms with Crippen LogP contribution >= 0.6 is 0 Å². The molecule has 2 aromatic carbocycles. The summed E-state index contributed by atoms with van der Waals surface area (Å²) in [6, 6.07) is 12.0. The second kappa shape index (κ2) is 7.38. The van der Waals surface area contributed by atoms with Gasteiger partial charge in [0.15, 0.2) is 0 Å². The number of carbonyl (C=O) groups excluding carboxylic acids is 4. The van der Waals surface area contributed by atoms with Gasteiger partial charge in [0.05, 0.1) is 18.2 Å². The quantitative estimate of drug-likeness (QED) is 0.805. The number of nitrogens with one attached hydrogen (secondary N) is 1. The van der Waals surface area contributed by atoms with Gasteiger partial charge in [-0.15, -0.1) is 0 Å². The standard InChI is InChI=1S/C21H19N3O5/c1-29-21(28)23-9-8-13-6-7-15(10-14(13)11-23)22-18(25)12-24-19(26)16-4-2-3-5-17(16)20(24)27/h2-7,10H,8-9,11-12H2,1H3,(H,22,25). The van der Waals surface area contributed by atoms with Crippen LogP contribution < -0.4 is 5.32 Å². The van der Waals surface area contributed by atoms with Gasteiger partial charge in [-0.1, -0.05) is 18.2 Å². The zero-order chi connectivity index (χ0) is 20.5. The lowest BCUT2D eigenvalue weighted by molar-refractivity contribution is -0.116. The van der Waals surface area contributed by atoms with Crippen molar-refractivity contribution in [3.63, 3.8) is 0 Å². The predicted octanol–water partition coefficient (Wildman–Crippen LogP) is 2.05. The maximum atomic E-state index is 12.5. The summed E-state index contributed by atoms with van der Waals surface area (Å²) >= 11 is 0. The number of benzene rings is 2. The average Bonchev–Trinajstić information content (AvgIpc) is 2.97. The Bertz CT molecular complexity index is 998. The molecule has 0 spiro atoms. The van der Waals surface area contributed by atoms with Crippen LogP contribution in [-0.4, -0.2) is 53.8 Å². The highest BCUT2D eigenvalue weighted by Crippen LogP contribution is 2.24. The normalized spacial score (nSPS) is 15.1. The van der Waals surface area contributed by atoms with Gasteiger partial charge in [0, 0.05) is 18.8 Å². The van der Waals surface area contributed by atoms with Crippen molar-refractivity contribution < 1.29 is 23.9 Å². The zero-order valence-electron chi connectivity index (χ0n) is 15.8. The van der Waals surface area contributed by atoms with Crippen molar-refractivity contribution in [1.29, 1.82) is 0 Å². The summed E-state index contributed by atoms with van der Waals surface area (Å²) in [6.45, 7) is 0.604. The molecule has 8 nitrogen and oxygen atoms in total. The zero-order valence-corrected chi connectivity index (χ0v) is 15.8. The number of amides is 4. The summed E-state index contributed by atoms with van der Waals surface area (Å²) in [5.41, 5.74) is 3.17. The van der Waals surface area contributed by atoms with Gasteiger partial charge in [-0.25, -0.2) is 4.79 Å². The molecule has 4 rings (SSSR count). The van der Waals surface area contributed by atoms with E-state index in [0.29, 0.717) is 36.3 Å². The molecular weight excluding hydrogens is 374 g/mol. The van der Waals surface area contributed by atoms with E-state index in [1.165, 1.54) is 7.11 Å². The van der Waals surface area contributed by atoms with E-state index in [-0.39, 0.29) is 6.54 Å². The van der Waals surface area contributed by atoms with E-state index in [1.54, 1.807) is 41.3 Å². The Morgan fingerprint density at radius 3 is 2.38 bits per heavy atom. The number of rotatable bonds is 3. The van der Waals surface area contributed by atoms with Gasteiger partial charge in [0.2, 0.25) is 5.91 Å². The maximum Gasteiger partial charge on any atom is 0.409 e. The monoisotopic (exact) mass is 393 g/mol. The number of imide groups is 1. The Kier molecular flexibility index (Phi) is 4.75. The Morgan fingerprint density at radius 2 is 1.72 bits per heavy atom. The number of methoxy groups -OCH3 is 1. The van der Waals surface area contributed by atoms with Gasteiger partial charge >= 0.3 is 6.09 Å². The van der Waals surface area contributed by atoms with Gasteiger partial charge < -0.3 is 15.0 Å². The highest BCUT2D eigenvalue weighted by atomic mass is 16.5. The molecular formula is C21H19N3O5. The van der Waals surface area contributed by atoms with Crippen molar-refractivity contribution >= 4 is 29.5 Å². The van der Waals surface area contributed by atoms with Crippen LogP contribution in [0.15, 0.2) is 42.5 Å². The van der Waals surface area contributed by atoms with Gasteiger partial charge in [-0.3, -0.25) is 19.3 Å². The minimum absolute atomic E-state index is 0.307. The number of ether oxygens (including phenoxy) is 1. The summed E-state index contributed by atoms with van der Waals surface area (Å²) < 4.78 is 4.77. The number of hydrogen-bond donors (Lipinski definition) is 1. The molecule has 1 N–H and O–H groups in total. The van der Waals surface area contributed by atoms with Crippen molar-refractivity contribution in [3.8, 4) is 0 Å². The van der Waals surface area contributed by atoms with Crippen LogP contribution in [0, 0.1) is 0 Å². The van der Waals surface area contributed by atoms with E-state index >= 15 is 0 Å². The predicted molar refractivity (Wildman–Crippen MR) is 103 cm³/mol. The molecule has 4 amide bonds. The Balaban J connectivity index is 1.44. The molecule has 0 saturated carbocycles. The summed E-state index contributed by atoms with van der Waals surface area (Å²) in [4.78, 5) is 51.5. The average molecular weight is 393 g/mol. The first-order chi connectivity index (χ1) is 14.0. The number of anilines is 1. The van der Waals surface area contributed by atoms with Crippen LogP contribution in [0.2, 0.25) is 0 Å². The van der Waals surface area contributed by atoms with Crippen molar-refractivity contribution in [2.45, 2.75) is 13.0 Å². The van der Waals surface area contributed by atoms with Crippen LogP contribution in [0.1, 0.15) is 31.8 Å². The SMILES string of the molecule is COC(=O)N1CCc2ccc(NC(=O)CN3C(=O)c4ccccc4C3=O)cc2C1. The molecule has 0 fully saturated rings. The fraction of sp³-hybridized carbons (Fsp3) is 0.238. The van der Waals surface area contributed by atoms with Crippen molar-refractivity contribution in [1.82, 2.24) is 9.80 Å². The third kappa shape index (κ3) is 3.44. The van der Waals surface area contributed by atoms with Crippen molar-refractivity contribution in [2.75, 3.05) is 25.5 Å². The molecule has 2 aromatic rings. The minimum atomic E-state index is -0.472. The van der Waals surface area contributed by atoms with E-state index in [4.69, 9.17) is 4.74 Å². The lowest BCUT2D eigenvalue weighted by Crippen LogP contribution is -2.37. The molecule has 0 atom stereocenters. The largest absolute Gasteiger partial charge is 0.453 e. The first-order valence-corrected chi connectivity index (χ1v) is 9.17. The Morgan fingerprint density at radius 1 is 1.03 bits per heavy atom. The first-order valence-electron chi connectivity index (χ1n) is 9.17. The summed E-state index contributed by atoms with van der Waals surface area (Å²) in [5.74, 6) is -1.42. The molecule has 0 radical (unpaired) electrons.